The molecule has 1 N–H and O–H groups in total. The molecule has 92 valence electrons. The molecule has 0 unspecified atom stereocenters. The van der Waals surface area contributed by atoms with Gasteiger partial charge in [-0.05, 0) is 44.0 Å². The van der Waals surface area contributed by atoms with Crippen molar-refractivity contribution in [2.45, 2.75) is 26.4 Å². The lowest BCUT2D eigenvalue weighted by Gasteiger charge is -2.19. The van der Waals surface area contributed by atoms with Crippen molar-refractivity contribution >= 4 is 33.9 Å². The van der Waals surface area contributed by atoms with E-state index in [0.29, 0.717) is 5.82 Å². The van der Waals surface area contributed by atoms with Crippen LogP contribution in [0, 0.1) is 0 Å². The van der Waals surface area contributed by atoms with E-state index in [-0.39, 0.29) is 0 Å². The van der Waals surface area contributed by atoms with Gasteiger partial charge >= 0.3 is 6.09 Å². The average Bonchev–Trinajstić information content (AvgIpc) is 2.18. The minimum absolute atomic E-state index is 0.470. The molecule has 0 aliphatic heterocycles. The summed E-state index contributed by atoms with van der Waals surface area (Å²) in [5.41, 5.74) is 0.278. The van der Waals surface area contributed by atoms with Gasteiger partial charge in [0.25, 0.3) is 0 Å². The predicted octanol–water partition coefficient (Wildman–Crippen LogP) is 3.79. The van der Waals surface area contributed by atoms with Crippen LogP contribution in [0.5, 0.6) is 0 Å². The fourth-order valence-corrected chi connectivity index (χ4v) is 1.41. The maximum absolute atomic E-state index is 11.6. The quantitative estimate of drug-likeness (QED) is 0.903. The molecule has 1 rings (SSSR count). The van der Waals surface area contributed by atoms with Crippen molar-refractivity contribution in [3.8, 4) is 0 Å². The molecule has 0 saturated heterocycles. The highest BCUT2D eigenvalue weighted by Gasteiger charge is 2.17. The second-order valence-electron chi connectivity index (χ2n) is 4.36. The third-order valence-corrected chi connectivity index (χ3v) is 1.97. The molecule has 17 heavy (non-hydrogen) atoms. The molecule has 4 nitrogen and oxygen atoms in total. The van der Waals surface area contributed by atoms with Crippen LogP contribution < -0.4 is 5.32 Å². The standard InChI is InChI=1S/C12H15BrN2O2/c1-12(2,3)17-11(16)15-10-9(6-7-13)5-4-8-14-10/h4-8H,1-3H3,(H,14,15,16)/b7-6+. The number of carbonyl (C=O) groups excluding carboxylic acids is 1. The van der Waals surface area contributed by atoms with E-state index in [4.69, 9.17) is 4.74 Å². The van der Waals surface area contributed by atoms with Crippen LogP contribution in [0.4, 0.5) is 10.6 Å². The summed E-state index contributed by atoms with van der Waals surface area (Å²) < 4.78 is 5.15. The van der Waals surface area contributed by atoms with Gasteiger partial charge < -0.3 is 4.74 Å². The van der Waals surface area contributed by atoms with Crippen LogP contribution in [0.1, 0.15) is 26.3 Å². The summed E-state index contributed by atoms with van der Waals surface area (Å²) in [5.74, 6) is 0.470. The minimum atomic E-state index is -0.524. The number of amides is 1. The number of ether oxygens (including phenoxy) is 1. The number of nitrogens with zero attached hydrogens (tertiary/aromatic N) is 1. The summed E-state index contributed by atoms with van der Waals surface area (Å²) in [4.78, 5) is 17.4. The van der Waals surface area contributed by atoms with Gasteiger partial charge in [0, 0.05) is 11.8 Å². The van der Waals surface area contributed by atoms with Gasteiger partial charge in [-0.2, -0.15) is 0 Å². The van der Waals surface area contributed by atoms with Crippen molar-refractivity contribution in [2.24, 2.45) is 0 Å². The molecule has 0 radical (unpaired) electrons. The molecule has 0 aliphatic carbocycles. The zero-order valence-corrected chi connectivity index (χ0v) is 11.6. The molecule has 0 saturated carbocycles. The smallest absolute Gasteiger partial charge is 0.413 e. The summed E-state index contributed by atoms with van der Waals surface area (Å²) >= 11 is 3.18. The molecule has 1 aromatic heterocycles. The number of pyridine rings is 1. The molecular formula is C12H15BrN2O2. The van der Waals surface area contributed by atoms with Crippen LogP contribution in [-0.2, 0) is 4.74 Å². The minimum Gasteiger partial charge on any atom is -0.444 e. The number of carbonyl (C=O) groups is 1. The van der Waals surface area contributed by atoms with Gasteiger partial charge in [-0.15, -0.1) is 0 Å². The van der Waals surface area contributed by atoms with E-state index in [2.05, 4.69) is 26.2 Å². The summed E-state index contributed by atoms with van der Waals surface area (Å²) in [7, 11) is 0. The van der Waals surface area contributed by atoms with E-state index in [0.717, 1.165) is 5.56 Å². The van der Waals surface area contributed by atoms with Gasteiger partial charge in [-0.25, -0.2) is 9.78 Å². The molecule has 0 atom stereocenters. The van der Waals surface area contributed by atoms with Gasteiger partial charge in [0.2, 0.25) is 0 Å². The molecule has 0 spiro atoms. The number of aromatic nitrogens is 1. The van der Waals surface area contributed by atoms with Crippen LogP contribution in [0.3, 0.4) is 0 Å². The van der Waals surface area contributed by atoms with Crippen LogP contribution in [-0.4, -0.2) is 16.7 Å². The van der Waals surface area contributed by atoms with Crippen molar-refractivity contribution < 1.29 is 9.53 Å². The van der Waals surface area contributed by atoms with Gasteiger partial charge in [0.15, 0.2) is 0 Å². The van der Waals surface area contributed by atoms with E-state index < -0.39 is 11.7 Å². The van der Waals surface area contributed by atoms with Crippen LogP contribution in [0.2, 0.25) is 0 Å². The fraction of sp³-hybridized carbons (Fsp3) is 0.333. The predicted molar refractivity (Wildman–Crippen MR) is 72.1 cm³/mol. The Hall–Kier alpha value is -1.36. The Morgan fingerprint density at radius 1 is 1.53 bits per heavy atom. The second-order valence-corrected chi connectivity index (χ2v) is 4.89. The first-order chi connectivity index (χ1) is 7.92. The summed E-state index contributed by atoms with van der Waals surface area (Å²) in [6.45, 7) is 5.43. The van der Waals surface area contributed by atoms with Crippen molar-refractivity contribution in [2.75, 3.05) is 5.32 Å². The van der Waals surface area contributed by atoms with Gasteiger partial charge in [-0.3, -0.25) is 5.32 Å². The number of halogens is 1. The number of hydrogen-bond donors (Lipinski definition) is 1. The Labute approximate surface area is 109 Å². The average molecular weight is 299 g/mol. The summed E-state index contributed by atoms with van der Waals surface area (Å²) in [6.07, 6.45) is 2.89. The zero-order valence-electron chi connectivity index (χ0n) is 10.0. The highest BCUT2D eigenvalue weighted by Crippen LogP contribution is 2.16. The van der Waals surface area contributed by atoms with Gasteiger partial charge in [-0.1, -0.05) is 15.9 Å². The van der Waals surface area contributed by atoms with E-state index in [1.54, 1.807) is 23.3 Å². The lowest BCUT2D eigenvalue weighted by atomic mass is 10.2. The first-order valence-corrected chi connectivity index (χ1v) is 6.06. The number of anilines is 1. The van der Waals surface area contributed by atoms with E-state index >= 15 is 0 Å². The van der Waals surface area contributed by atoms with E-state index in [9.17, 15) is 4.79 Å². The highest BCUT2D eigenvalue weighted by molar-refractivity contribution is 9.11. The highest BCUT2D eigenvalue weighted by atomic mass is 79.9. The zero-order chi connectivity index (χ0) is 12.9. The van der Waals surface area contributed by atoms with Gasteiger partial charge in [0.05, 0.1) is 0 Å². The monoisotopic (exact) mass is 298 g/mol. The molecule has 1 heterocycles. The summed E-state index contributed by atoms with van der Waals surface area (Å²) in [6, 6.07) is 3.64. The number of rotatable bonds is 2. The Kier molecular flexibility index (Phi) is 4.69. The lowest BCUT2D eigenvalue weighted by Crippen LogP contribution is -2.27. The van der Waals surface area contributed by atoms with Crippen LogP contribution in [0.25, 0.3) is 6.08 Å². The molecule has 0 aromatic carbocycles. The molecule has 0 fully saturated rings. The normalized spacial score (nSPS) is 11.5. The van der Waals surface area contributed by atoms with Crippen LogP contribution >= 0.6 is 15.9 Å². The largest absolute Gasteiger partial charge is 0.444 e. The number of nitrogens with one attached hydrogen (secondary N) is 1. The molecular weight excluding hydrogens is 284 g/mol. The number of hydrogen-bond acceptors (Lipinski definition) is 3. The molecule has 0 bridgehead atoms. The van der Waals surface area contributed by atoms with Crippen molar-refractivity contribution in [1.82, 2.24) is 4.98 Å². The fourth-order valence-electron chi connectivity index (χ4n) is 1.12. The van der Waals surface area contributed by atoms with E-state index in [1.165, 1.54) is 0 Å². The third kappa shape index (κ3) is 4.99. The van der Waals surface area contributed by atoms with E-state index in [1.807, 2.05) is 26.8 Å². The Bertz CT molecular complexity index is 425. The molecule has 1 aromatic rings. The maximum Gasteiger partial charge on any atom is 0.413 e. The Morgan fingerprint density at radius 2 is 2.24 bits per heavy atom. The lowest BCUT2D eigenvalue weighted by molar-refractivity contribution is 0.0635. The van der Waals surface area contributed by atoms with Crippen LogP contribution in [0.15, 0.2) is 23.3 Å². The topological polar surface area (TPSA) is 51.2 Å². The summed E-state index contributed by atoms with van der Waals surface area (Å²) in [5, 5.41) is 2.61. The maximum atomic E-state index is 11.6. The molecule has 0 aliphatic rings. The molecule has 5 heteroatoms. The Morgan fingerprint density at radius 3 is 2.82 bits per heavy atom. The van der Waals surface area contributed by atoms with Gasteiger partial charge in [0.1, 0.15) is 11.4 Å². The Balaban J connectivity index is 2.78. The van der Waals surface area contributed by atoms with Crippen molar-refractivity contribution in [3.05, 3.63) is 28.9 Å². The SMILES string of the molecule is CC(C)(C)OC(=O)Nc1ncccc1/C=C/Br. The first-order valence-electron chi connectivity index (χ1n) is 5.14. The van der Waals surface area contributed by atoms with Crippen molar-refractivity contribution in [1.29, 1.82) is 0 Å². The first kappa shape index (κ1) is 13.7. The van der Waals surface area contributed by atoms with Crippen molar-refractivity contribution in [3.63, 3.8) is 0 Å². The third-order valence-electron chi connectivity index (χ3n) is 1.70. The second kappa shape index (κ2) is 5.82. The molecule has 1 amide bonds.